The molecule has 1 aliphatic carbocycles. The van der Waals surface area contributed by atoms with Gasteiger partial charge in [-0.3, -0.25) is 4.18 Å². The van der Waals surface area contributed by atoms with E-state index in [4.69, 9.17) is 20.2 Å². The average molecular weight is 359 g/mol. The van der Waals surface area contributed by atoms with E-state index in [0.29, 0.717) is 16.6 Å². The first-order chi connectivity index (χ1) is 10.9. The van der Waals surface area contributed by atoms with Gasteiger partial charge in [-0.1, -0.05) is 11.6 Å². The third-order valence-electron chi connectivity index (χ3n) is 4.04. The molecule has 1 heterocycles. The Morgan fingerprint density at radius 1 is 1.35 bits per heavy atom. The zero-order valence-electron chi connectivity index (χ0n) is 12.8. The van der Waals surface area contributed by atoms with Gasteiger partial charge in [0, 0.05) is 17.1 Å². The summed E-state index contributed by atoms with van der Waals surface area (Å²) in [5.41, 5.74) is 1.43. The molecular formula is C15H19ClN2O4S. The number of oxazole rings is 1. The molecule has 1 saturated carbocycles. The standard InChI is InChI=1S/C15H19ClN2O4S/c1-23(19,20)21-9-10-2-5-12(6-3-10)17-15-18-13-7-4-11(16)8-14(13)22-15/h4,7-8,10,12H,2-3,5-6,9H2,1H3,(H,17,18). The van der Waals surface area contributed by atoms with Crippen LogP contribution in [-0.4, -0.2) is 32.3 Å². The minimum atomic E-state index is -3.36. The lowest BCUT2D eigenvalue weighted by atomic mass is 9.87. The first-order valence-corrected chi connectivity index (χ1v) is 9.75. The molecule has 1 aromatic heterocycles. The fraction of sp³-hybridized carbons (Fsp3) is 0.533. The predicted molar refractivity (Wildman–Crippen MR) is 89.2 cm³/mol. The molecule has 2 aromatic rings. The van der Waals surface area contributed by atoms with Gasteiger partial charge in [-0.05, 0) is 43.7 Å². The van der Waals surface area contributed by atoms with Gasteiger partial charge in [-0.2, -0.15) is 13.4 Å². The molecule has 126 valence electrons. The van der Waals surface area contributed by atoms with E-state index in [1.165, 1.54) is 0 Å². The van der Waals surface area contributed by atoms with Gasteiger partial charge in [-0.15, -0.1) is 0 Å². The Balaban J connectivity index is 1.53. The van der Waals surface area contributed by atoms with E-state index in [-0.39, 0.29) is 18.6 Å². The highest BCUT2D eigenvalue weighted by molar-refractivity contribution is 7.85. The van der Waals surface area contributed by atoms with Gasteiger partial charge in [0.05, 0.1) is 12.9 Å². The Morgan fingerprint density at radius 3 is 2.78 bits per heavy atom. The normalized spacial score (nSPS) is 22.3. The molecule has 1 fully saturated rings. The average Bonchev–Trinajstić information content (AvgIpc) is 2.87. The monoisotopic (exact) mass is 358 g/mol. The second kappa shape index (κ2) is 6.67. The molecule has 23 heavy (non-hydrogen) atoms. The molecule has 0 saturated heterocycles. The fourth-order valence-electron chi connectivity index (χ4n) is 2.83. The van der Waals surface area contributed by atoms with Gasteiger partial charge in [-0.25, -0.2) is 0 Å². The van der Waals surface area contributed by atoms with Gasteiger partial charge in [0.1, 0.15) is 5.52 Å². The first kappa shape index (κ1) is 16.5. The molecule has 3 rings (SSSR count). The Bertz CT molecular complexity index is 782. The molecule has 0 aliphatic heterocycles. The van der Waals surface area contributed by atoms with Crippen LogP contribution in [0.15, 0.2) is 22.6 Å². The molecule has 6 nitrogen and oxygen atoms in total. The van der Waals surface area contributed by atoms with Crippen molar-refractivity contribution in [1.29, 1.82) is 0 Å². The summed E-state index contributed by atoms with van der Waals surface area (Å²) >= 11 is 5.93. The number of fused-ring (bicyclic) bond motifs is 1. The summed E-state index contributed by atoms with van der Waals surface area (Å²) in [5, 5.41) is 3.92. The van der Waals surface area contributed by atoms with E-state index in [1.807, 2.05) is 6.07 Å². The van der Waals surface area contributed by atoms with Crippen LogP contribution in [0, 0.1) is 5.92 Å². The third-order valence-corrected chi connectivity index (χ3v) is 4.84. The van der Waals surface area contributed by atoms with Crippen LogP contribution in [-0.2, 0) is 14.3 Å². The molecule has 0 radical (unpaired) electrons. The lowest BCUT2D eigenvalue weighted by molar-refractivity contribution is 0.209. The van der Waals surface area contributed by atoms with Crippen molar-refractivity contribution in [1.82, 2.24) is 4.98 Å². The number of nitrogens with one attached hydrogen (secondary N) is 1. The quantitative estimate of drug-likeness (QED) is 0.824. The van der Waals surface area contributed by atoms with E-state index in [9.17, 15) is 8.42 Å². The maximum Gasteiger partial charge on any atom is 0.295 e. The Morgan fingerprint density at radius 2 is 2.09 bits per heavy atom. The van der Waals surface area contributed by atoms with Gasteiger partial charge in [0.15, 0.2) is 5.58 Å². The van der Waals surface area contributed by atoms with E-state index in [0.717, 1.165) is 37.5 Å². The number of hydrogen-bond donors (Lipinski definition) is 1. The topological polar surface area (TPSA) is 81.4 Å². The van der Waals surface area contributed by atoms with Crippen LogP contribution in [0.2, 0.25) is 5.02 Å². The lowest BCUT2D eigenvalue weighted by Gasteiger charge is -2.28. The number of aromatic nitrogens is 1. The van der Waals surface area contributed by atoms with Crippen LogP contribution in [0.3, 0.4) is 0 Å². The van der Waals surface area contributed by atoms with Crippen LogP contribution in [0.1, 0.15) is 25.7 Å². The summed E-state index contributed by atoms with van der Waals surface area (Å²) in [4.78, 5) is 4.40. The van der Waals surface area contributed by atoms with Crippen LogP contribution in [0.4, 0.5) is 6.01 Å². The number of benzene rings is 1. The molecule has 0 unspecified atom stereocenters. The van der Waals surface area contributed by atoms with Crippen LogP contribution in [0.5, 0.6) is 0 Å². The molecule has 8 heteroatoms. The second-order valence-electron chi connectivity index (χ2n) is 5.98. The molecule has 0 bridgehead atoms. The van der Waals surface area contributed by atoms with Gasteiger partial charge < -0.3 is 9.73 Å². The third kappa shape index (κ3) is 4.59. The SMILES string of the molecule is CS(=O)(=O)OCC1CCC(Nc2nc3ccc(Cl)cc3o2)CC1. The highest BCUT2D eigenvalue weighted by Gasteiger charge is 2.23. The van der Waals surface area contributed by atoms with E-state index >= 15 is 0 Å². The van der Waals surface area contributed by atoms with Crippen molar-refractivity contribution in [3.05, 3.63) is 23.2 Å². The maximum absolute atomic E-state index is 11.0. The zero-order valence-corrected chi connectivity index (χ0v) is 14.4. The minimum Gasteiger partial charge on any atom is -0.423 e. The molecule has 0 amide bonds. The molecule has 0 atom stereocenters. The van der Waals surface area contributed by atoms with Crippen molar-refractivity contribution in [2.75, 3.05) is 18.2 Å². The Kier molecular flexibility index (Phi) is 4.79. The molecular weight excluding hydrogens is 340 g/mol. The number of anilines is 1. The summed E-state index contributed by atoms with van der Waals surface area (Å²) in [5.74, 6) is 0.283. The fourth-order valence-corrected chi connectivity index (χ4v) is 3.43. The summed E-state index contributed by atoms with van der Waals surface area (Å²) in [7, 11) is -3.36. The number of nitrogens with zero attached hydrogens (tertiary/aromatic N) is 1. The Labute approximate surface area is 140 Å². The lowest BCUT2D eigenvalue weighted by Crippen LogP contribution is -2.28. The van der Waals surface area contributed by atoms with Crippen molar-refractivity contribution in [2.45, 2.75) is 31.7 Å². The van der Waals surface area contributed by atoms with E-state index in [2.05, 4.69) is 10.3 Å². The molecule has 1 N–H and O–H groups in total. The van der Waals surface area contributed by atoms with Crippen molar-refractivity contribution >= 4 is 38.8 Å². The maximum atomic E-state index is 11.0. The van der Waals surface area contributed by atoms with Gasteiger partial charge in [0.25, 0.3) is 16.1 Å². The highest BCUT2D eigenvalue weighted by atomic mass is 35.5. The van der Waals surface area contributed by atoms with Crippen molar-refractivity contribution in [3.63, 3.8) is 0 Å². The largest absolute Gasteiger partial charge is 0.423 e. The van der Waals surface area contributed by atoms with Crippen molar-refractivity contribution in [2.24, 2.45) is 5.92 Å². The minimum absolute atomic E-state index is 0.271. The van der Waals surface area contributed by atoms with E-state index < -0.39 is 10.1 Å². The number of hydrogen-bond acceptors (Lipinski definition) is 6. The highest BCUT2D eigenvalue weighted by Crippen LogP contribution is 2.28. The van der Waals surface area contributed by atoms with E-state index in [1.54, 1.807) is 12.1 Å². The summed E-state index contributed by atoms with van der Waals surface area (Å²) in [6.45, 7) is 0.271. The van der Waals surface area contributed by atoms with Crippen LogP contribution < -0.4 is 5.32 Å². The summed E-state index contributed by atoms with van der Waals surface area (Å²) in [6, 6.07) is 6.12. The smallest absolute Gasteiger partial charge is 0.295 e. The predicted octanol–water partition coefficient (Wildman–Crippen LogP) is 3.43. The Hall–Kier alpha value is -1.31. The van der Waals surface area contributed by atoms with Gasteiger partial charge >= 0.3 is 0 Å². The summed E-state index contributed by atoms with van der Waals surface area (Å²) < 4.78 is 32.6. The van der Waals surface area contributed by atoms with Crippen molar-refractivity contribution in [3.8, 4) is 0 Å². The summed E-state index contributed by atoms with van der Waals surface area (Å²) in [6.07, 6.45) is 4.77. The van der Waals surface area contributed by atoms with Gasteiger partial charge in [0.2, 0.25) is 0 Å². The zero-order chi connectivity index (χ0) is 16.4. The molecule has 1 aromatic carbocycles. The molecule has 0 spiro atoms. The van der Waals surface area contributed by atoms with Crippen LogP contribution >= 0.6 is 11.6 Å². The molecule has 1 aliphatic rings. The number of rotatable bonds is 5. The van der Waals surface area contributed by atoms with Crippen LogP contribution in [0.25, 0.3) is 11.1 Å². The second-order valence-corrected chi connectivity index (χ2v) is 8.06. The number of halogens is 1. The van der Waals surface area contributed by atoms with Crippen molar-refractivity contribution < 1.29 is 17.0 Å². The first-order valence-electron chi connectivity index (χ1n) is 7.56.